The number of methoxy groups -OCH3 is 4. The zero-order valence-electron chi connectivity index (χ0n) is 25.6. The molecule has 4 aromatic carbocycles. The molecule has 5 rings (SSSR count). The number of fused-ring (bicyclic) bond motifs is 3. The van der Waals surface area contributed by atoms with E-state index in [4.69, 9.17) is 23.7 Å². The summed E-state index contributed by atoms with van der Waals surface area (Å²) in [6.45, 7) is -0.612. The van der Waals surface area contributed by atoms with Gasteiger partial charge in [0.15, 0.2) is 11.5 Å². The van der Waals surface area contributed by atoms with E-state index >= 15 is 0 Å². The summed E-state index contributed by atoms with van der Waals surface area (Å²) in [6.07, 6.45) is -0.748. The van der Waals surface area contributed by atoms with Gasteiger partial charge in [-0.15, -0.1) is 11.8 Å². The van der Waals surface area contributed by atoms with Crippen molar-refractivity contribution in [3.8, 4) is 34.1 Å². The van der Waals surface area contributed by atoms with Gasteiger partial charge in [0.1, 0.15) is 18.9 Å². The van der Waals surface area contributed by atoms with Crippen molar-refractivity contribution in [2.24, 2.45) is 0 Å². The van der Waals surface area contributed by atoms with Crippen LogP contribution >= 0.6 is 11.8 Å². The number of thioether (sulfide) groups is 1. The molecule has 0 fully saturated rings. The maximum absolute atomic E-state index is 13.6. The highest BCUT2D eigenvalue weighted by Crippen LogP contribution is 2.47. The van der Waals surface area contributed by atoms with E-state index < -0.39 is 18.6 Å². The molecule has 0 radical (unpaired) electrons. The molecule has 0 spiro atoms. The number of nitrogens with zero attached hydrogens (tertiary/aromatic N) is 1. The maximum atomic E-state index is 13.6. The average Bonchev–Trinajstić information content (AvgIpc) is 3.39. The van der Waals surface area contributed by atoms with E-state index in [1.165, 1.54) is 33.1 Å². The summed E-state index contributed by atoms with van der Waals surface area (Å²) in [5.74, 6) is 1.13. The number of benzene rings is 4. The largest absolute Gasteiger partial charge is 0.497 e. The zero-order chi connectivity index (χ0) is 31.9. The van der Waals surface area contributed by atoms with Crippen LogP contribution < -0.4 is 18.9 Å². The van der Waals surface area contributed by atoms with Crippen molar-refractivity contribution in [3.05, 3.63) is 101 Å². The second kappa shape index (κ2) is 14.3. The SMILES string of the molecule is COc1ccc(CSc2cc(OC)c(OC)c(OC)c2CN(CC(=O)O)C(=O)OCC2c3ccccc3-c3ccccc32)cc1. The van der Waals surface area contributed by atoms with Gasteiger partial charge in [-0.1, -0.05) is 60.7 Å². The first-order chi connectivity index (χ1) is 21.9. The third kappa shape index (κ3) is 6.81. The molecule has 0 saturated heterocycles. The van der Waals surface area contributed by atoms with Crippen molar-refractivity contribution in [3.63, 3.8) is 0 Å². The first-order valence-electron chi connectivity index (χ1n) is 14.3. The Morgan fingerprint density at radius 1 is 0.800 bits per heavy atom. The van der Waals surface area contributed by atoms with Crippen LogP contribution in [0.4, 0.5) is 4.79 Å². The van der Waals surface area contributed by atoms with Crippen LogP contribution in [0.25, 0.3) is 11.1 Å². The standard InChI is InChI=1S/C35H35NO8S/c1-40-23-15-13-22(14-16-23)21-45-31-17-30(41-2)34(43-4)33(42-3)28(31)18-36(19-32(37)38)35(39)44-20-29-26-11-7-5-9-24(26)25-10-6-8-12-27(25)29/h5-17,29H,18-21H2,1-4H3,(H,37,38). The van der Waals surface area contributed by atoms with Crippen molar-refractivity contribution in [2.75, 3.05) is 41.6 Å². The molecule has 0 atom stereocenters. The van der Waals surface area contributed by atoms with Crippen LogP contribution in [0, 0.1) is 0 Å². The lowest BCUT2D eigenvalue weighted by Gasteiger charge is -2.25. The van der Waals surface area contributed by atoms with Gasteiger partial charge in [-0.25, -0.2) is 4.79 Å². The van der Waals surface area contributed by atoms with E-state index in [1.807, 2.05) is 66.7 Å². The van der Waals surface area contributed by atoms with Gasteiger partial charge >= 0.3 is 12.1 Å². The molecule has 0 saturated carbocycles. The van der Waals surface area contributed by atoms with E-state index in [0.717, 1.165) is 43.4 Å². The summed E-state index contributed by atoms with van der Waals surface area (Å²) in [4.78, 5) is 27.5. The lowest BCUT2D eigenvalue weighted by atomic mass is 9.98. The number of hydrogen-bond acceptors (Lipinski definition) is 8. The van der Waals surface area contributed by atoms with E-state index in [2.05, 4.69) is 12.1 Å². The molecule has 1 amide bonds. The van der Waals surface area contributed by atoms with E-state index in [0.29, 0.717) is 28.6 Å². The number of hydrogen-bond donors (Lipinski definition) is 1. The predicted octanol–water partition coefficient (Wildman–Crippen LogP) is 6.85. The van der Waals surface area contributed by atoms with Crippen molar-refractivity contribution in [2.45, 2.75) is 23.1 Å². The molecule has 0 aromatic heterocycles. The van der Waals surface area contributed by atoms with Crippen LogP contribution in [0.3, 0.4) is 0 Å². The van der Waals surface area contributed by atoms with Crippen molar-refractivity contribution >= 4 is 23.8 Å². The molecule has 0 aliphatic heterocycles. The molecule has 4 aromatic rings. The van der Waals surface area contributed by atoms with Crippen LogP contribution in [0.5, 0.6) is 23.0 Å². The highest BCUT2D eigenvalue weighted by Gasteiger charge is 2.31. The summed E-state index contributed by atoms with van der Waals surface area (Å²) >= 11 is 1.50. The summed E-state index contributed by atoms with van der Waals surface area (Å²) in [5.41, 5.74) is 5.95. The van der Waals surface area contributed by atoms with Crippen molar-refractivity contribution < 1.29 is 38.4 Å². The van der Waals surface area contributed by atoms with Crippen LogP contribution in [-0.4, -0.2) is 63.7 Å². The van der Waals surface area contributed by atoms with Gasteiger partial charge in [-0.3, -0.25) is 9.69 Å². The Bertz CT molecular complexity index is 1630. The molecular formula is C35H35NO8S. The summed E-state index contributed by atoms with van der Waals surface area (Å²) in [6, 6.07) is 25.6. The Balaban J connectivity index is 1.43. The Kier molecular flexibility index (Phi) is 10.0. The van der Waals surface area contributed by atoms with Gasteiger partial charge in [0.05, 0.1) is 35.0 Å². The van der Waals surface area contributed by atoms with Crippen molar-refractivity contribution in [1.29, 1.82) is 0 Å². The quantitative estimate of drug-likeness (QED) is 0.159. The number of carboxylic acids is 1. The number of carbonyl (C=O) groups is 2. The minimum absolute atomic E-state index is 0.0606. The Labute approximate surface area is 266 Å². The van der Waals surface area contributed by atoms with E-state index in [9.17, 15) is 14.7 Å². The minimum atomic E-state index is -1.17. The number of aliphatic carboxylic acids is 1. The molecule has 234 valence electrons. The maximum Gasteiger partial charge on any atom is 0.410 e. The lowest BCUT2D eigenvalue weighted by Crippen LogP contribution is -2.36. The second-order valence-corrected chi connectivity index (χ2v) is 11.3. The number of rotatable bonds is 13. The molecule has 0 unspecified atom stereocenters. The highest BCUT2D eigenvalue weighted by molar-refractivity contribution is 7.98. The molecule has 0 heterocycles. The smallest absolute Gasteiger partial charge is 0.410 e. The normalized spacial score (nSPS) is 11.7. The van der Waals surface area contributed by atoms with Gasteiger partial charge in [0.2, 0.25) is 5.75 Å². The third-order valence-corrected chi connectivity index (χ3v) is 8.87. The topological polar surface area (TPSA) is 104 Å². The van der Waals surface area contributed by atoms with Crippen LogP contribution in [0.2, 0.25) is 0 Å². The Morgan fingerprint density at radius 3 is 1.98 bits per heavy atom. The zero-order valence-corrected chi connectivity index (χ0v) is 26.4. The molecule has 45 heavy (non-hydrogen) atoms. The minimum Gasteiger partial charge on any atom is -0.497 e. The molecular weight excluding hydrogens is 594 g/mol. The molecule has 10 heteroatoms. The summed E-state index contributed by atoms with van der Waals surface area (Å²) in [5, 5.41) is 9.78. The molecule has 1 N–H and O–H groups in total. The average molecular weight is 630 g/mol. The summed E-state index contributed by atoms with van der Waals surface area (Å²) < 4.78 is 28.1. The van der Waals surface area contributed by atoms with Gasteiger partial charge in [0, 0.05) is 22.1 Å². The summed E-state index contributed by atoms with van der Waals surface area (Å²) in [7, 11) is 6.14. The van der Waals surface area contributed by atoms with Gasteiger partial charge in [-0.2, -0.15) is 0 Å². The van der Waals surface area contributed by atoms with Crippen LogP contribution in [0.15, 0.2) is 83.8 Å². The number of carbonyl (C=O) groups excluding carboxylic acids is 1. The molecule has 1 aliphatic rings. The van der Waals surface area contributed by atoms with E-state index in [-0.39, 0.29) is 19.1 Å². The first kappa shape index (κ1) is 31.6. The fourth-order valence-corrected chi connectivity index (χ4v) is 6.62. The monoisotopic (exact) mass is 629 g/mol. The van der Waals surface area contributed by atoms with E-state index in [1.54, 1.807) is 7.11 Å². The van der Waals surface area contributed by atoms with Gasteiger partial charge < -0.3 is 28.8 Å². The molecule has 9 nitrogen and oxygen atoms in total. The van der Waals surface area contributed by atoms with Crippen molar-refractivity contribution in [1.82, 2.24) is 4.90 Å². The van der Waals surface area contributed by atoms with Gasteiger partial charge in [0.25, 0.3) is 0 Å². The number of amides is 1. The third-order valence-electron chi connectivity index (χ3n) is 7.71. The van der Waals surface area contributed by atoms with Crippen LogP contribution in [-0.2, 0) is 21.8 Å². The van der Waals surface area contributed by atoms with Gasteiger partial charge in [-0.05, 0) is 46.0 Å². The predicted molar refractivity (Wildman–Crippen MR) is 172 cm³/mol. The highest BCUT2D eigenvalue weighted by atomic mass is 32.2. The Hall–Kier alpha value is -4.83. The first-order valence-corrected chi connectivity index (χ1v) is 15.3. The molecule has 1 aliphatic carbocycles. The fourth-order valence-electron chi connectivity index (χ4n) is 5.58. The lowest BCUT2D eigenvalue weighted by molar-refractivity contribution is -0.138. The second-order valence-electron chi connectivity index (χ2n) is 10.3. The van der Waals surface area contributed by atoms with Crippen LogP contribution in [0.1, 0.15) is 28.2 Å². The number of carboxylic acid groups (broad SMARTS) is 1. The molecule has 0 bridgehead atoms. The number of ether oxygens (including phenoxy) is 5. The fraction of sp³-hybridized carbons (Fsp3) is 0.257. The Morgan fingerprint density at radius 2 is 1.42 bits per heavy atom.